The predicted molar refractivity (Wildman–Crippen MR) is 103 cm³/mol. The number of para-hydroxylation sites is 1. The average molecular weight is 359 g/mol. The normalized spacial score (nSPS) is 17.7. The Morgan fingerprint density at radius 3 is 2.92 bits per heavy atom. The second-order valence-corrected chi connectivity index (χ2v) is 8.02. The summed E-state index contributed by atoms with van der Waals surface area (Å²) in [6.45, 7) is 9.81. The van der Waals surface area contributed by atoms with Gasteiger partial charge in [0.25, 0.3) is 5.91 Å². The minimum atomic E-state index is -0.0769. The molecule has 0 spiro atoms. The molecule has 5 heteroatoms. The lowest BCUT2D eigenvalue weighted by molar-refractivity contribution is 0.0760. The number of amides is 1. The van der Waals surface area contributed by atoms with Gasteiger partial charge in [-0.2, -0.15) is 0 Å². The van der Waals surface area contributed by atoms with Crippen molar-refractivity contribution in [1.29, 1.82) is 0 Å². The molecule has 1 amide bonds. The molecule has 1 atom stereocenters. The van der Waals surface area contributed by atoms with Crippen LogP contribution in [0.5, 0.6) is 0 Å². The first-order valence-electron chi connectivity index (χ1n) is 8.92. The van der Waals surface area contributed by atoms with Gasteiger partial charge in [-0.05, 0) is 43.7 Å². The van der Waals surface area contributed by atoms with Crippen LogP contribution in [0.1, 0.15) is 67.7 Å². The van der Waals surface area contributed by atoms with Gasteiger partial charge >= 0.3 is 0 Å². The largest absolute Gasteiger partial charge is 0.372 e. The molecule has 0 aliphatic carbocycles. The number of hydrogen-bond acceptors (Lipinski definition) is 4. The molecule has 1 aromatic carbocycles. The first-order chi connectivity index (χ1) is 11.9. The first-order valence-corrected chi connectivity index (χ1v) is 9.80. The molecule has 1 aromatic heterocycles. The van der Waals surface area contributed by atoms with Gasteiger partial charge in [0.2, 0.25) is 0 Å². The maximum Gasteiger partial charge on any atom is 0.277 e. The van der Waals surface area contributed by atoms with Crippen molar-refractivity contribution in [2.45, 2.75) is 52.1 Å². The predicted octanol–water partition coefficient (Wildman–Crippen LogP) is 4.96. The first kappa shape index (κ1) is 18.1. The van der Waals surface area contributed by atoms with Crippen LogP contribution in [0.2, 0.25) is 0 Å². The van der Waals surface area contributed by atoms with Gasteiger partial charge in [-0.15, -0.1) is 11.3 Å². The standard InChI is InChI=1S/C20H26N2O2S/c1-5-24-14(2)18-21-16(13-25-18)19(23)22-12-8-11-20(3,4)15-9-6-7-10-17(15)22/h6-7,9-10,13-14H,5,8,11-12H2,1-4H3/t14-/m0/s1. The highest BCUT2D eigenvalue weighted by molar-refractivity contribution is 7.09. The van der Waals surface area contributed by atoms with E-state index in [0.29, 0.717) is 12.3 Å². The molecule has 0 bridgehead atoms. The van der Waals surface area contributed by atoms with E-state index in [0.717, 1.165) is 30.1 Å². The number of aromatic nitrogens is 1. The van der Waals surface area contributed by atoms with Gasteiger partial charge in [0.1, 0.15) is 16.8 Å². The van der Waals surface area contributed by atoms with Crippen molar-refractivity contribution in [2.24, 2.45) is 0 Å². The van der Waals surface area contributed by atoms with Crippen LogP contribution in [0.25, 0.3) is 0 Å². The summed E-state index contributed by atoms with van der Waals surface area (Å²) >= 11 is 1.49. The molecule has 0 saturated carbocycles. The van der Waals surface area contributed by atoms with Crippen molar-refractivity contribution in [3.63, 3.8) is 0 Å². The number of carbonyl (C=O) groups excluding carboxylic acids is 1. The monoisotopic (exact) mass is 358 g/mol. The Morgan fingerprint density at radius 1 is 1.40 bits per heavy atom. The van der Waals surface area contributed by atoms with E-state index in [1.165, 1.54) is 16.9 Å². The van der Waals surface area contributed by atoms with Crippen molar-refractivity contribution in [3.05, 3.63) is 45.9 Å². The minimum absolute atomic E-state index is 0.0173. The molecule has 2 heterocycles. The van der Waals surface area contributed by atoms with Crippen molar-refractivity contribution < 1.29 is 9.53 Å². The van der Waals surface area contributed by atoms with E-state index in [2.05, 4.69) is 37.0 Å². The van der Waals surface area contributed by atoms with Crippen LogP contribution in [0, 0.1) is 0 Å². The summed E-state index contributed by atoms with van der Waals surface area (Å²) in [4.78, 5) is 19.6. The number of hydrogen-bond donors (Lipinski definition) is 0. The summed E-state index contributed by atoms with van der Waals surface area (Å²) in [5.41, 5.74) is 2.84. The fraction of sp³-hybridized carbons (Fsp3) is 0.500. The molecule has 3 rings (SSSR count). The fourth-order valence-corrected chi connectivity index (χ4v) is 4.26. The SMILES string of the molecule is CCO[C@@H](C)c1nc(C(=O)N2CCCC(C)(C)c3ccccc32)cs1. The van der Waals surface area contributed by atoms with E-state index < -0.39 is 0 Å². The molecule has 25 heavy (non-hydrogen) atoms. The second kappa shape index (κ2) is 7.26. The number of rotatable bonds is 4. The minimum Gasteiger partial charge on any atom is -0.372 e. The molecule has 0 N–H and O–H groups in total. The Morgan fingerprint density at radius 2 is 2.16 bits per heavy atom. The Balaban J connectivity index is 1.92. The maximum absolute atomic E-state index is 13.1. The van der Waals surface area contributed by atoms with Gasteiger partial charge in [-0.25, -0.2) is 4.98 Å². The van der Waals surface area contributed by atoms with E-state index in [9.17, 15) is 4.79 Å². The summed E-state index contributed by atoms with van der Waals surface area (Å²) in [7, 11) is 0. The third-order valence-corrected chi connectivity index (χ3v) is 5.86. The highest BCUT2D eigenvalue weighted by atomic mass is 32.1. The van der Waals surface area contributed by atoms with Crippen LogP contribution in [-0.2, 0) is 10.2 Å². The van der Waals surface area contributed by atoms with E-state index in [-0.39, 0.29) is 17.4 Å². The van der Waals surface area contributed by atoms with Crippen LogP contribution >= 0.6 is 11.3 Å². The van der Waals surface area contributed by atoms with Crippen molar-refractivity contribution >= 4 is 22.9 Å². The molecule has 2 aromatic rings. The maximum atomic E-state index is 13.1. The molecular weight excluding hydrogens is 332 g/mol. The lowest BCUT2D eigenvalue weighted by Gasteiger charge is -2.27. The summed E-state index contributed by atoms with van der Waals surface area (Å²) < 4.78 is 5.59. The summed E-state index contributed by atoms with van der Waals surface area (Å²) in [6.07, 6.45) is 1.98. The lowest BCUT2D eigenvalue weighted by atomic mass is 9.80. The van der Waals surface area contributed by atoms with Gasteiger partial charge in [-0.1, -0.05) is 32.0 Å². The van der Waals surface area contributed by atoms with Gasteiger partial charge in [0, 0.05) is 24.2 Å². The van der Waals surface area contributed by atoms with E-state index in [1.807, 2.05) is 30.2 Å². The smallest absolute Gasteiger partial charge is 0.277 e. The number of anilines is 1. The third kappa shape index (κ3) is 3.62. The van der Waals surface area contributed by atoms with Crippen LogP contribution < -0.4 is 4.90 Å². The number of ether oxygens (including phenoxy) is 1. The second-order valence-electron chi connectivity index (χ2n) is 7.13. The van der Waals surface area contributed by atoms with Gasteiger partial charge < -0.3 is 9.64 Å². The molecule has 134 valence electrons. The van der Waals surface area contributed by atoms with Crippen LogP contribution in [0.4, 0.5) is 5.69 Å². The molecule has 0 unspecified atom stereocenters. The van der Waals surface area contributed by atoms with Crippen LogP contribution in [0.15, 0.2) is 29.6 Å². The highest BCUT2D eigenvalue weighted by Gasteiger charge is 2.32. The molecule has 4 nitrogen and oxygen atoms in total. The van der Waals surface area contributed by atoms with Gasteiger partial charge in [-0.3, -0.25) is 4.79 Å². The number of fused-ring (bicyclic) bond motifs is 1. The van der Waals surface area contributed by atoms with Gasteiger partial charge in [0.15, 0.2) is 0 Å². The van der Waals surface area contributed by atoms with E-state index in [1.54, 1.807) is 0 Å². The van der Waals surface area contributed by atoms with E-state index >= 15 is 0 Å². The summed E-state index contributed by atoms with van der Waals surface area (Å²) in [5.74, 6) is -0.0173. The van der Waals surface area contributed by atoms with E-state index in [4.69, 9.17) is 4.74 Å². The van der Waals surface area contributed by atoms with Crippen molar-refractivity contribution in [3.8, 4) is 0 Å². The Bertz CT molecular complexity index is 754. The quantitative estimate of drug-likeness (QED) is 0.776. The number of carbonyl (C=O) groups is 1. The van der Waals surface area contributed by atoms with Crippen LogP contribution in [-0.4, -0.2) is 24.0 Å². The Kier molecular flexibility index (Phi) is 5.25. The zero-order chi connectivity index (χ0) is 18.0. The number of nitrogens with zero attached hydrogens (tertiary/aromatic N) is 2. The molecule has 0 radical (unpaired) electrons. The van der Waals surface area contributed by atoms with Crippen LogP contribution in [0.3, 0.4) is 0 Å². The van der Waals surface area contributed by atoms with Crippen molar-refractivity contribution in [2.75, 3.05) is 18.1 Å². The molecule has 1 aliphatic heterocycles. The molecule has 1 aliphatic rings. The summed E-state index contributed by atoms with van der Waals surface area (Å²) in [6, 6.07) is 8.25. The zero-order valence-electron chi connectivity index (χ0n) is 15.4. The zero-order valence-corrected chi connectivity index (χ0v) is 16.2. The highest BCUT2D eigenvalue weighted by Crippen LogP contribution is 2.39. The molecule has 0 fully saturated rings. The third-order valence-electron chi connectivity index (χ3n) is 4.86. The topological polar surface area (TPSA) is 42.4 Å². The summed E-state index contributed by atoms with van der Waals surface area (Å²) in [5, 5.41) is 2.71. The van der Waals surface area contributed by atoms with Gasteiger partial charge in [0.05, 0.1) is 0 Å². The Hall–Kier alpha value is -1.72. The average Bonchev–Trinajstić information content (AvgIpc) is 3.04. The fourth-order valence-electron chi connectivity index (χ4n) is 3.46. The molecule has 0 saturated heterocycles. The number of benzene rings is 1. The lowest BCUT2D eigenvalue weighted by Crippen LogP contribution is -2.32. The molecular formula is C20H26N2O2S. The number of thiazole rings is 1. The Labute approximate surface area is 153 Å². The van der Waals surface area contributed by atoms with Crippen molar-refractivity contribution in [1.82, 2.24) is 4.98 Å².